The van der Waals surface area contributed by atoms with E-state index in [4.69, 9.17) is 32.4 Å². The van der Waals surface area contributed by atoms with E-state index in [0.717, 1.165) is 11.1 Å². The number of rotatable bonds is 4. The smallest absolute Gasteiger partial charge is 0.235 e. The van der Waals surface area contributed by atoms with Crippen LogP contribution in [0, 0.1) is 0 Å². The first kappa shape index (κ1) is 17.7. The van der Waals surface area contributed by atoms with Gasteiger partial charge in [-0.25, -0.2) is 0 Å². The second-order valence-corrected chi connectivity index (χ2v) is 6.89. The minimum absolute atomic E-state index is 0.149. The van der Waals surface area contributed by atoms with Crippen molar-refractivity contribution in [2.75, 3.05) is 0 Å². The molecule has 0 aliphatic carbocycles. The molecule has 0 amide bonds. The monoisotopic (exact) mass is 396 g/mol. The first-order chi connectivity index (χ1) is 13.1. The SMILES string of the molecule is O=c1c(OCc2cccc(Cl)c2)c(-c2ccccc2)oc2ccc(Cl)cc12. The van der Waals surface area contributed by atoms with Gasteiger partial charge >= 0.3 is 0 Å². The van der Waals surface area contributed by atoms with Crippen molar-refractivity contribution in [2.24, 2.45) is 0 Å². The van der Waals surface area contributed by atoms with Crippen molar-refractivity contribution < 1.29 is 9.15 Å². The predicted octanol–water partition coefficient (Wildman–Crippen LogP) is 6.35. The van der Waals surface area contributed by atoms with E-state index >= 15 is 0 Å². The van der Waals surface area contributed by atoms with Crippen LogP contribution in [0.5, 0.6) is 5.75 Å². The van der Waals surface area contributed by atoms with E-state index in [1.165, 1.54) is 0 Å². The zero-order valence-electron chi connectivity index (χ0n) is 14.1. The van der Waals surface area contributed by atoms with Gasteiger partial charge in [0.2, 0.25) is 11.2 Å². The minimum atomic E-state index is -0.264. The lowest BCUT2D eigenvalue weighted by atomic mass is 10.1. The maximum absolute atomic E-state index is 13.1. The van der Waals surface area contributed by atoms with Gasteiger partial charge in [-0.15, -0.1) is 0 Å². The van der Waals surface area contributed by atoms with Gasteiger partial charge in [0.25, 0.3) is 0 Å². The predicted molar refractivity (Wildman–Crippen MR) is 109 cm³/mol. The molecule has 4 aromatic rings. The van der Waals surface area contributed by atoms with Crippen molar-refractivity contribution in [1.29, 1.82) is 0 Å². The molecule has 1 aromatic heterocycles. The number of hydrogen-bond acceptors (Lipinski definition) is 3. The van der Waals surface area contributed by atoms with Crippen molar-refractivity contribution >= 4 is 34.2 Å². The lowest BCUT2D eigenvalue weighted by Gasteiger charge is -2.12. The van der Waals surface area contributed by atoms with Crippen molar-refractivity contribution in [2.45, 2.75) is 6.61 Å². The van der Waals surface area contributed by atoms with Crippen LogP contribution in [0.2, 0.25) is 10.0 Å². The fraction of sp³-hybridized carbons (Fsp3) is 0.0455. The van der Waals surface area contributed by atoms with Crippen molar-refractivity contribution in [3.05, 3.63) is 98.6 Å². The molecule has 27 heavy (non-hydrogen) atoms. The lowest BCUT2D eigenvalue weighted by molar-refractivity contribution is 0.298. The van der Waals surface area contributed by atoms with Crippen LogP contribution >= 0.6 is 23.2 Å². The van der Waals surface area contributed by atoms with Crippen LogP contribution < -0.4 is 10.2 Å². The van der Waals surface area contributed by atoms with E-state index in [9.17, 15) is 4.79 Å². The fourth-order valence-electron chi connectivity index (χ4n) is 2.84. The molecule has 0 bridgehead atoms. The summed E-state index contributed by atoms with van der Waals surface area (Å²) in [5, 5.41) is 1.45. The molecule has 3 nitrogen and oxygen atoms in total. The Morgan fingerprint density at radius 2 is 1.63 bits per heavy atom. The summed E-state index contributed by atoms with van der Waals surface area (Å²) in [5.41, 5.74) is 1.80. The lowest BCUT2D eigenvalue weighted by Crippen LogP contribution is -2.10. The van der Waals surface area contributed by atoms with Crippen LogP contribution in [0.25, 0.3) is 22.3 Å². The Morgan fingerprint density at radius 3 is 2.41 bits per heavy atom. The van der Waals surface area contributed by atoms with E-state index in [1.54, 1.807) is 30.3 Å². The Balaban J connectivity index is 1.85. The number of hydrogen-bond donors (Lipinski definition) is 0. The Bertz CT molecular complexity index is 1170. The van der Waals surface area contributed by atoms with Gasteiger partial charge < -0.3 is 9.15 Å². The van der Waals surface area contributed by atoms with Gasteiger partial charge in [-0.05, 0) is 35.9 Å². The molecule has 0 radical (unpaired) electrons. The fourth-order valence-corrected chi connectivity index (χ4v) is 3.23. The average Bonchev–Trinajstić information content (AvgIpc) is 2.68. The van der Waals surface area contributed by atoms with Crippen molar-refractivity contribution in [3.8, 4) is 17.1 Å². The molecule has 5 heteroatoms. The van der Waals surface area contributed by atoms with E-state index < -0.39 is 0 Å². The van der Waals surface area contributed by atoms with Gasteiger partial charge in [0.15, 0.2) is 5.76 Å². The van der Waals surface area contributed by atoms with E-state index in [1.807, 2.05) is 42.5 Å². The molecular formula is C22H14Cl2O3. The largest absolute Gasteiger partial charge is 0.481 e. The molecular weight excluding hydrogens is 383 g/mol. The van der Waals surface area contributed by atoms with Gasteiger partial charge in [-0.2, -0.15) is 0 Å². The normalized spacial score (nSPS) is 10.9. The highest BCUT2D eigenvalue weighted by Gasteiger charge is 2.18. The zero-order valence-corrected chi connectivity index (χ0v) is 15.6. The first-order valence-corrected chi connectivity index (χ1v) is 9.06. The topological polar surface area (TPSA) is 39.4 Å². The highest BCUT2D eigenvalue weighted by atomic mass is 35.5. The number of halogens is 2. The van der Waals surface area contributed by atoms with E-state index in [2.05, 4.69) is 0 Å². The Kier molecular flexibility index (Phi) is 4.88. The standard InChI is InChI=1S/C22H14Cl2O3/c23-16-8-4-5-14(11-16)13-26-22-20(25)18-12-17(24)9-10-19(18)27-21(22)15-6-2-1-3-7-15/h1-12H,13H2. The molecule has 0 aliphatic heterocycles. The van der Waals surface area contributed by atoms with Crippen LogP contribution in [0.4, 0.5) is 0 Å². The second kappa shape index (κ2) is 7.47. The molecule has 0 spiro atoms. The first-order valence-electron chi connectivity index (χ1n) is 8.31. The van der Waals surface area contributed by atoms with Gasteiger partial charge in [0.05, 0.1) is 5.39 Å². The van der Waals surface area contributed by atoms with Crippen molar-refractivity contribution in [1.82, 2.24) is 0 Å². The summed E-state index contributed by atoms with van der Waals surface area (Å²) in [4.78, 5) is 13.1. The van der Waals surface area contributed by atoms with Gasteiger partial charge in [-0.3, -0.25) is 4.79 Å². The molecule has 0 saturated heterocycles. The second-order valence-electron chi connectivity index (χ2n) is 6.01. The third kappa shape index (κ3) is 3.70. The molecule has 0 unspecified atom stereocenters. The highest BCUT2D eigenvalue weighted by molar-refractivity contribution is 6.31. The Labute approximate surface area is 165 Å². The van der Waals surface area contributed by atoms with Crippen LogP contribution in [0.1, 0.15) is 5.56 Å². The molecule has 0 saturated carbocycles. The van der Waals surface area contributed by atoms with Crippen LogP contribution in [0.3, 0.4) is 0 Å². The molecule has 4 rings (SSSR count). The van der Waals surface area contributed by atoms with Gasteiger partial charge in [0, 0.05) is 15.6 Å². The summed E-state index contributed by atoms with van der Waals surface area (Å²) < 4.78 is 11.9. The van der Waals surface area contributed by atoms with Crippen molar-refractivity contribution in [3.63, 3.8) is 0 Å². The summed E-state index contributed by atoms with van der Waals surface area (Å²) in [7, 11) is 0. The average molecular weight is 397 g/mol. The number of fused-ring (bicyclic) bond motifs is 1. The molecule has 0 aliphatic rings. The van der Waals surface area contributed by atoms with Crippen LogP contribution in [0.15, 0.2) is 82.0 Å². The summed E-state index contributed by atoms with van der Waals surface area (Å²) in [6.45, 7) is 0.192. The minimum Gasteiger partial charge on any atom is -0.481 e. The molecule has 1 heterocycles. The number of benzene rings is 3. The third-order valence-corrected chi connectivity index (χ3v) is 4.59. The third-order valence-electron chi connectivity index (χ3n) is 4.12. The van der Waals surface area contributed by atoms with E-state index in [0.29, 0.717) is 26.8 Å². The molecule has 134 valence electrons. The Morgan fingerprint density at radius 1 is 0.852 bits per heavy atom. The highest BCUT2D eigenvalue weighted by Crippen LogP contribution is 2.32. The summed E-state index contributed by atoms with van der Waals surface area (Å²) in [5.74, 6) is 0.536. The molecule has 0 fully saturated rings. The molecule has 0 N–H and O–H groups in total. The number of ether oxygens (including phenoxy) is 1. The van der Waals surface area contributed by atoms with E-state index in [-0.39, 0.29) is 17.8 Å². The van der Waals surface area contributed by atoms with Gasteiger partial charge in [0.1, 0.15) is 12.2 Å². The quantitative estimate of drug-likeness (QED) is 0.403. The maximum Gasteiger partial charge on any atom is 0.235 e. The maximum atomic E-state index is 13.1. The molecule has 3 aromatic carbocycles. The summed E-state index contributed by atoms with van der Waals surface area (Å²) in [6, 6.07) is 21.6. The summed E-state index contributed by atoms with van der Waals surface area (Å²) >= 11 is 12.1. The Hall–Kier alpha value is -2.75. The van der Waals surface area contributed by atoms with Crippen LogP contribution in [-0.4, -0.2) is 0 Å². The summed E-state index contributed by atoms with van der Waals surface area (Å²) in [6.07, 6.45) is 0. The van der Waals surface area contributed by atoms with Gasteiger partial charge in [-0.1, -0.05) is 65.7 Å². The molecule has 0 atom stereocenters. The van der Waals surface area contributed by atoms with Crippen LogP contribution in [-0.2, 0) is 6.61 Å². The zero-order chi connectivity index (χ0) is 18.8.